The van der Waals surface area contributed by atoms with Gasteiger partial charge in [0.1, 0.15) is 0 Å². The zero-order valence-electron chi connectivity index (χ0n) is 22.5. The molecule has 0 aromatic heterocycles. The second-order valence-corrected chi connectivity index (χ2v) is 9.97. The number of likely N-dealkylation sites (N-methyl/N-ethyl adjacent to an activating group) is 2. The average Bonchev–Trinajstić information content (AvgIpc) is 2.88. The Bertz CT molecular complexity index is 947. The van der Waals surface area contributed by atoms with Crippen molar-refractivity contribution in [2.75, 3.05) is 55.6 Å². The first-order valence-corrected chi connectivity index (χ1v) is 12.9. The third kappa shape index (κ3) is 4.83. The Morgan fingerprint density at radius 3 is 1.49 bits per heavy atom. The zero-order chi connectivity index (χ0) is 25.1. The van der Waals surface area contributed by atoms with Crippen LogP contribution in [0.15, 0.2) is 24.3 Å². The summed E-state index contributed by atoms with van der Waals surface area (Å²) >= 11 is 0. The first-order chi connectivity index (χ1) is 17.0. The summed E-state index contributed by atoms with van der Waals surface area (Å²) in [4.78, 5) is 5.11. The van der Waals surface area contributed by atoms with E-state index in [0.29, 0.717) is 5.92 Å². The van der Waals surface area contributed by atoms with E-state index in [9.17, 15) is 0 Å². The van der Waals surface area contributed by atoms with Crippen LogP contribution in [0.25, 0.3) is 0 Å². The fourth-order valence-electron chi connectivity index (χ4n) is 6.25. The maximum absolute atomic E-state index is 5.74. The number of nitrogens with zero attached hydrogens (tertiary/aromatic N) is 2. The highest BCUT2D eigenvalue weighted by Crippen LogP contribution is 2.50. The van der Waals surface area contributed by atoms with Gasteiger partial charge in [-0.1, -0.05) is 19.8 Å². The van der Waals surface area contributed by atoms with E-state index in [1.807, 2.05) is 0 Å². The third-order valence-electron chi connectivity index (χ3n) is 8.05. The van der Waals surface area contributed by atoms with Gasteiger partial charge in [-0.15, -0.1) is 0 Å². The number of methoxy groups -OCH3 is 4. The van der Waals surface area contributed by atoms with Crippen molar-refractivity contribution in [3.05, 3.63) is 46.5 Å². The van der Waals surface area contributed by atoms with E-state index in [4.69, 9.17) is 18.9 Å². The van der Waals surface area contributed by atoms with Crippen molar-refractivity contribution in [2.24, 2.45) is 5.92 Å². The molecule has 0 radical (unpaired) electrons. The van der Waals surface area contributed by atoms with Gasteiger partial charge in [0.05, 0.1) is 28.4 Å². The van der Waals surface area contributed by atoms with Crippen LogP contribution in [0.1, 0.15) is 60.5 Å². The van der Waals surface area contributed by atoms with Gasteiger partial charge in [0.15, 0.2) is 23.0 Å². The van der Waals surface area contributed by atoms with Gasteiger partial charge >= 0.3 is 0 Å². The van der Waals surface area contributed by atoms with Crippen LogP contribution in [0.5, 0.6) is 23.0 Å². The van der Waals surface area contributed by atoms with Crippen molar-refractivity contribution < 1.29 is 18.9 Å². The summed E-state index contributed by atoms with van der Waals surface area (Å²) in [6.45, 7) is 4.35. The van der Waals surface area contributed by atoms with Crippen LogP contribution >= 0.6 is 0 Å². The summed E-state index contributed by atoms with van der Waals surface area (Å²) < 4.78 is 22.8. The van der Waals surface area contributed by atoms with Crippen molar-refractivity contribution in [2.45, 2.75) is 51.1 Å². The Hall–Kier alpha value is -2.44. The summed E-state index contributed by atoms with van der Waals surface area (Å²) in [5.41, 5.74) is 5.49. The lowest BCUT2D eigenvalue weighted by molar-refractivity contribution is 0.0679. The SMILES string of the molecule is CCCCC(C1c2cc(OC)c(OC)cc2CCN1C)C1c2cc(OC)c(OC)cc2CCN1C. The number of hydrogen-bond donors (Lipinski definition) is 0. The molecule has 0 amide bonds. The van der Waals surface area contributed by atoms with E-state index in [0.717, 1.165) is 55.4 Å². The van der Waals surface area contributed by atoms with E-state index in [-0.39, 0.29) is 12.1 Å². The van der Waals surface area contributed by atoms with Crippen molar-refractivity contribution in [3.8, 4) is 23.0 Å². The molecule has 0 saturated heterocycles. The van der Waals surface area contributed by atoms with Gasteiger partial charge in [0, 0.05) is 25.2 Å². The Morgan fingerprint density at radius 1 is 0.714 bits per heavy atom. The molecule has 0 N–H and O–H groups in total. The first-order valence-electron chi connectivity index (χ1n) is 12.9. The first kappa shape index (κ1) is 25.6. The average molecular weight is 483 g/mol. The molecule has 4 rings (SSSR count). The lowest BCUT2D eigenvalue weighted by Crippen LogP contribution is -2.44. The minimum atomic E-state index is 0.289. The van der Waals surface area contributed by atoms with E-state index < -0.39 is 0 Å². The van der Waals surface area contributed by atoms with Crippen LogP contribution in [0.2, 0.25) is 0 Å². The van der Waals surface area contributed by atoms with E-state index in [1.165, 1.54) is 35.1 Å². The maximum Gasteiger partial charge on any atom is 0.161 e. The molecule has 6 nitrogen and oxygen atoms in total. The molecule has 2 unspecified atom stereocenters. The molecule has 192 valence electrons. The minimum Gasteiger partial charge on any atom is -0.493 e. The van der Waals surface area contributed by atoms with Crippen molar-refractivity contribution in [1.29, 1.82) is 0 Å². The molecule has 2 heterocycles. The lowest BCUT2D eigenvalue weighted by atomic mass is 9.74. The third-order valence-corrected chi connectivity index (χ3v) is 8.05. The van der Waals surface area contributed by atoms with Gasteiger partial charge in [-0.3, -0.25) is 9.80 Å². The number of ether oxygens (including phenoxy) is 4. The van der Waals surface area contributed by atoms with Crippen LogP contribution in [0, 0.1) is 5.92 Å². The lowest BCUT2D eigenvalue weighted by Gasteiger charge is -2.47. The number of unbranched alkanes of at least 4 members (excludes halogenated alkanes) is 1. The molecular formula is C29H42N2O4. The summed E-state index contributed by atoms with van der Waals surface area (Å²) in [7, 11) is 11.5. The second kappa shape index (κ2) is 11.1. The topological polar surface area (TPSA) is 43.4 Å². The highest BCUT2D eigenvalue weighted by Gasteiger charge is 2.41. The fraction of sp³-hybridized carbons (Fsp3) is 0.586. The van der Waals surface area contributed by atoms with Crippen LogP contribution in [-0.2, 0) is 12.8 Å². The molecule has 2 aromatic carbocycles. The van der Waals surface area contributed by atoms with E-state index >= 15 is 0 Å². The fourth-order valence-corrected chi connectivity index (χ4v) is 6.25. The normalized spacial score (nSPS) is 21.1. The van der Waals surface area contributed by atoms with Crippen molar-refractivity contribution in [1.82, 2.24) is 9.80 Å². The number of hydrogen-bond acceptors (Lipinski definition) is 6. The van der Waals surface area contributed by atoms with Gasteiger partial charge in [-0.25, -0.2) is 0 Å². The molecule has 35 heavy (non-hydrogen) atoms. The number of benzene rings is 2. The predicted molar refractivity (Wildman–Crippen MR) is 140 cm³/mol. The highest BCUT2D eigenvalue weighted by atomic mass is 16.5. The standard InChI is InChI=1S/C29H42N2O4/c1-8-9-10-21(28-22-17-26(34-6)24(32-4)15-19(22)11-13-30(28)2)29-23-18-27(35-7)25(33-5)16-20(23)12-14-31(29)3/h15-18,21,28-29H,8-14H2,1-7H3. The molecule has 2 aliphatic heterocycles. The largest absolute Gasteiger partial charge is 0.493 e. The molecule has 0 bridgehead atoms. The zero-order valence-corrected chi connectivity index (χ0v) is 22.5. The van der Waals surface area contributed by atoms with Crippen LogP contribution in [0.4, 0.5) is 0 Å². The molecule has 0 aliphatic carbocycles. The second-order valence-electron chi connectivity index (χ2n) is 9.97. The highest BCUT2D eigenvalue weighted by molar-refractivity contribution is 5.52. The molecule has 6 heteroatoms. The molecule has 0 saturated carbocycles. The van der Waals surface area contributed by atoms with Crippen LogP contribution in [0.3, 0.4) is 0 Å². The molecular weight excluding hydrogens is 440 g/mol. The smallest absolute Gasteiger partial charge is 0.161 e. The van der Waals surface area contributed by atoms with Gasteiger partial charge in [0.25, 0.3) is 0 Å². The minimum absolute atomic E-state index is 0.289. The summed E-state index contributed by atoms with van der Waals surface area (Å²) in [6, 6.07) is 9.42. The Balaban J connectivity index is 1.86. The maximum atomic E-state index is 5.74. The number of fused-ring (bicyclic) bond motifs is 2. The molecule has 2 aromatic rings. The summed E-state index contributed by atoms with van der Waals surface area (Å²) in [5.74, 6) is 3.67. The van der Waals surface area contributed by atoms with Gasteiger partial charge in [0.2, 0.25) is 0 Å². The monoisotopic (exact) mass is 482 g/mol. The van der Waals surface area contributed by atoms with Crippen LogP contribution < -0.4 is 18.9 Å². The molecule has 2 aliphatic rings. The van der Waals surface area contributed by atoms with Gasteiger partial charge < -0.3 is 18.9 Å². The van der Waals surface area contributed by atoms with Gasteiger partial charge in [-0.2, -0.15) is 0 Å². The molecule has 2 atom stereocenters. The molecule has 0 spiro atoms. The quantitative estimate of drug-likeness (QED) is 0.484. The predicted octanol–water partition coefficient (Wildman–Crippen LogP) is 5.29. The van der Waals surface area contributed by atoms with Crippen molar-refractivity contribution in [3.63, 3.8) is 0 Å². The van der Waals surface area contributed by atoms with Crippen LogP contribution in [-0.4, -0.2) is 65.4 Å². The Kier molecular flexibility index (Phi) is 8.12. The number of rotatable bonds is 9. The van der Waals surface area contributed by atoms with E-state index in [2.05, 4.69) is 55.1 Å². The summed E-state index contributed by atoms with van der Waals surface area (Å²) in [5, 5.41) is 0. The van der Waals surface area contributed by atoms with Crippen molar-refractivity contribution >= 4 is 0 Å². The Labute approximate surface area is 211 Å². The molecule has 0 fully saturated rings. The Morgan fingerprint density at radius 2 is 1.11 bits per heavy atom. The van der Waals surface area contributed by atoms with E-state index in [1.54, 1.807) is 28.4 Å². The summed E-state index contributed by atoms with van der Waals surface area (Å²) in [6.07, 6.45) is 5.57. The van der Waals surface area contributed by atoms with Gasteiger partial charge in [-0.05, 0) is 85.8 Å².